The molecular formula is C57H45NO. The number of nitrogens with zero attached hydrogens (tertiary/aromatic N) is 1. The molecule has 0 saturated carbocycles. The highest BCUT2D eigenvalue weighted by molar-refractivity contribution is 6.09. The lowest BCUT2D eigenvalue weighted by Gasteiger charge is -2.60. The van der Waals surface area contributed by atoms with Gasteiger partial charge in [-0.05, 0) is 101 Å². The second-order valence-corrected chi connectivity index (χ2v) is 17.7. The number of furan rings is 1. The van der Waals surface area contributed by atoms with Crippen LogP contribution in [0.15, 0.2) is 215 Å². The number of para-hydroxylation sites is 2. The average molecular weight is 760 g/mol. The molecule has 0 radical (unpaired) electrons. The zero-order valence-electron chi connectivity index (χ0n) is 33.9. The van der Waals surface area contributed by atoms with Gasteiger partial charge in [0.25, 0.3) is 0 Å². The molecule has 2 heteroatoms. The quantitative estimate of drug-likeness (QED) is 0.163. The second kappa shape index (κ2) is 12.0. The summed E-state index contributed by atoms with van der Waals surface area (Å²) in [5.41, 5.74) is 16.1. The van der Waals surface area contributed by atoms with Crippen LogP contribution in [-0.4, -0.2) is 5.54 Å². The molecule has 59 heavy (non-hydrogen) atoms. The highest BCUT2D eigenvalue weighted by Crippen LogP contribution is 2.73. The lowest BCUT2D eigenvalue weighted by molar-refractivity contribution is 0.424. The summed E-state index contributed by atoms with van der Waals surface area (Å²) in [4.78, 5) is 2.66. The maximum Gasteiger partial charge on any atom is 0.143 e. The van der Waals surface area contributed by atoms with E-state index in [4.69, 9.17) is 4.42 Å². The fraction of sp³-hybridized carbons (Fsp3) is 0.158. The summed E-state index contributed by atoms with van der Waals surface area (Å²) in [5.74, 6) is 0.179. The van der Waals surface area contributed by atoms with Crippen molar-refractivity contribution < 1.29 is 4.42 Å². The predicted octanol–water partition coefficient (Wildman–Crippen LogP) is 14.2. The fourth-order valence-corrected chi connectivity index (χ4v) is 12.4. The van der Waals surface area contributed by atoms with Gasteiger partial charge in [0.05, 0.1) is 11.0 Å². The first-order valence-corrected chi connectivity index (χ1v) is 21.1. The lowest BCUT2D eigenvalue weighted by Crippen LogP contribution is -2.58. The number of rotatable bonds is 5. The van der Waals surface area contributed by atoms with Crippen molar-refractivity contribution in [1.29, 1.82) is 0 Å². The van der Waals surface area contributed by atoms with E-state index in [1.54, 1.807) is 0 Å². The SMILES string of the molecule is CC1C=C2C3(C)C4=C1C(C)(c1ccccc1)C=CC4(C)N(c1ccc(-c4cccc5c4oc4ccccc45)cc1)c1cccc(c13)C2(c1ccccc1)c1ccccc1. The normalized spacial score (nSPS) is 24.7. The Morgan fingerprint density at radius 1 is 0.559 bits per heavy atom. The molecule has 1 aromatic heterocycles. The Morgan fingerprint density at radius 3 is 1.86 bits per heavy atom. The molecule has 0 N–H and O–H groups in total. The standard InChI is InChI=1S/C57H45NO/c1-37-36-49-56(4)51-46(57(49,40-20-10-6-11-21-40)41-22-12-7-13-23-41)27-17-28-47(51)58(55(3)35-34-54(2,50(37)53(55)56)39-18-8-5-9-19-39)42-32-30-38(31-33-42)43-25-16-26-45-44-24-14-15-29-48(44)59-52(43)45/h5-37H,1-4H3. The minimum Gasteiger partial charge on any atom is -0.455 e. The molecule has 0 bridgehead atoms. The fourth-order valence-electron chi connectivity index (χ4n) is 12.4. The Morgan fingerprint density at radius 2 is 1.17 bits per heavy atom. The van der Waals surface area contributed by atoms with Crippen molar-refractivity contribution in [3.05, 3.63) is 239 Å². The summed E-state index contributed by atoms with van der Waals surface area (Å²) in [7, 11) is 0. The number of hydrogen-bond donors (Lipinski definition) is 0. The van der Waals surface area contributed by atoms with Gasteiger partial charge >= 0.3 is 0 Å². The number of benzene rings is 7. The lowest BCUT2D eigenvalue weighted by atomic mass is 9.49. The third kappa shape index (κ3) is 4.26. The molecule has 4 atom stereocenters. The highest BCUT2D eigenvalue weighted by atomic mass is 16.3. The topological polar surface area (TPSA) is 16.4 Å². The van der Waals surface area contributed by atoms with Crippen molar-refractivity contribution in [3.8, 4) is 11.1 Å². The van der Waals surface area contributed by atoms with Gasteiger partial charge in [-0.15, -0.1) is 0 Å². The van der Waals surface area contributed by atoms with E-state index in [1.807, 2.05) is 6.07 Å². The maximum atomic E-state index is 6.52. The molecule has 12 rings (SSSR count). The molecule has 1 aliphatic heterocycles. The second-order valence-electron chi connectivity index (χ2n) is 17.7. The van der Waals surface area contributed by atoms with Gasteiger partial charge in [0.15, 0.2) is 0 Å². The molecule has 0 saturated heterocycles. The van der Waals surface area contributed by atoms with Crippen LogP contribution in [-0.2, 0) is 16.2 Å². The van der Waals surface area contributed by atoms with Crippen LogP contribution in [0.25, 0.3) is 33.1 Å². The monoisotopic (exact) mass is 759 g/mol. The van der Waals surface area contributed by atoms with E-state index in [0.29, 0.717) is 0 Å². The smallest absolute Gasteiger partial charge is 0.143 e. The Labute approximate surface area is 346 Å². The summed E-state index contributed by atoms with van der Waals surface area (Å²) in [6, 6.07) is 65.0. The molecule has 4 aliphatic rings. The predicted molar refractivity (Wildman–Crippen MR) is 243 cm³/mol. The minimum atomic E-state index is -0.480. The van der Waals surface area contributed by atoms with Crippen molar-refractivity contribution in [2.75, 3.05) is 4.90 Å². The van der Waals surface area contributed by atoms with Crippen LogP contribution in [0.1, 0.15) is 55.5 Å². The van der Waals surface area contributed by atoms with Gasteiger partial charge in [-0.3, -0.25) is 0 Å². The molecule has 0 spiro atoms. The van der Waals surface area contributed by atoms with Crippen molar-refractivity contribution >= 4 is 33.3 Å². The van der Waals surface area contributed by atoms with E-state index in [-0.39, 0.29) is 16.7 Å². The number of fused-ring (bicyclic) bond motifs is 3. The highest BCUT2D eigenvalue weighted by Gasteiger charge is 2.67. The van der Waals surface area contributed by atoms with Crippen LogP contribution in [0.3, 0.4) is 0 Å². The zero-order chi connectivity index (χ0) is 39.7. The van der Waals surface area contributed by atoms with E-state index in [9.17, 15) is 0 Å². The summed E-state index contributed by atoms with van der Waals surface area (Å²) < 4.78 is 6.52. The van der Waals surface area contributed by atoms with E-state index < -0.39 is 11.0 Å². The van der Waals surface area contributed by atoms with Gasteiger partial charge < -0.3 is 9.32 Å². The minimum absolute atomic E-state index is 0.179. The van der Waals surface area contributed by atoms with Crippen LogP contribution in [0.5, 0.6) is 0 Å². The van der Waals surface area contributed by atoms with Crippen LogP contribution < -0.4 is 4.90 Å². The van der Waals surface area contributed by atoms with E-state index >= 15 is 0 Å². The van der Waals surface area contributed by atoms with Gasteiger partial charge in [0.1, 0.15) is 11.2 Å². The van der Waals surface area contributed by atoms with Crippen molar-refractivity contribution in [2.24, 2.45) is 5.92 Å². The van der Waals surface area contributed by atoms with Gasteiger partial charge in [-0.1, -0.05) is 177 Å². The van der Waals surface area contributed by atoms with Crippen LogP contribution in [0.2, 0.25) is 0 Å². The van der Waals surface area contributed by atoms with Gasteiger partial charge in [0, 0.05) is 38.5 Å². The number of anilines is 2. The van der Waals surface area contributed by atoms with E-state index in [2.05, 4.69) is 221 Å². The summed E-state index contributed by atoms with van der Waals surface area (Å²) in [5, 5.41) is 2.30. The number of hydrogen-bond acceptors (Lipinski definition) is 2. The van der Waals surface area contributed by atoms with Crippen molar-refractivity contribution in [2.45, 2.75) is 49.5 Å². The molecule has 2 heterocycles. The van der Waals surface area contributed by atoms with Gasteiger partial charge in [-0.2, -0.15) is 0 Å². The Bertz CT molecular complexity index is 3060. The Hall–Kier alpha value is -6.64. The number of allylic oxidation sites excluding steroid dienone is 4. The molecule has 4 unspecified atom stereocenters. The van der Waals surface area contributed by atoms with Crippen LogP contribution in [0.4, 0.5) is 11.4 Å². The average Bonchev–Trinajstić information content (AvgIpc) is 3.77. The third-order valence-corrected chi connectivity index (χ3v) is 14.7. The van der Waals surface area contributed by atoms with Crippen molar-refractivity contribution in [1.82, 2.24) is 0 Å². The summed E-state index contributed by atoms with van der Waals surface area (Å²) in [6.45, 7) is 9.95. The molecule has 284 valence electrons. The molecule has 0 amide bonds. The van der Waals surface area contributed by atoms with Crippen molar-refractivity contribution in [3.63, 3.8) is 0 Å². The van der Waals surface area contributed by atoms with Crippen LogP contribution in [0, 0.1) is 5.92 Å². The third-order valence-electron chi connectivity index (χ3n) is 14.7. The molecular weight excluding hydrogens is 715 g/mol. The summed E-state index contributed by atoms with van der Waals surface area (Å²) in [6.07, 6.45) is 7.74. The van der Waals surface area contributed by atoms with E-state index in [1.165, 1.54) is 55.9 Å². The maximum absolute atomic E-state index is 6.52. The largest absolute Gasteiger partial charge is 0.455 e. The summed E-state index contributed by atoms with van der Waals surface area (Å²) >= 11 is 0. The molecule has 3 aliphatic carbocycles. The van der Waals surface area contributed by atoms with Gasteiger partial charge in [-0.25, -0.2) is 0 Å². The van der Waals surface area contributed by atoms with E-state index in [0.717, 1.165) is 33.1 Å². The Balaban J connectivity index is 1.15. The van der Waals surface area contributed by atoms with Gasteiger partial charge in [0.2, 0.25) is 0 Å². The molecule has 7 aromatic carbocycles. The zero-order valence-corrected chi connectivity index (χ0v) is 33.9. The first-order chi connectivity index (χ1) is 28.8. The molecule has 0 fully saturated rings. The first kappa shape index (κ1) is 34.4. The molecule has 2 nitrogen and oxygen atoms in total. The Kier molecular flexibility index (Phi) is 6.97. The van der Waals surface area contributed by atoms with Crippen LogP contribution >= 0.6 is 0 Å². The molecule has 8 aromatic rings. The first-order valence-electron chi connectivity index (χ1n) is 21.1.